The number of azide groups is 1. The number of amides is 2. The molecule has 3 N–H and O–H groups in total. The fourth-order valence-corrected chi connectivity index (χ4v) is 6.31. The molecule has 0 radical (unpaired) electrons. The summed E-state index contributed by atoms with van der Waals surface area (Å²) >= 11 is 0. The maximum Gasteiger partial charge on any atom is 0.305 e. The molecule has 1 aromatic carbocycles. The highest BCUT2D eigenvalue weighted by atomic mass is 16.4. The van der Waals surface area contributed by atoms with Crippen molar-refractivity contribution in [2.45, 2.75) is 57.5 Å². The SMILES string of the molecule is [N-]=[N+]=NC[C@H](CC(=O)O)NC(=O)c1ccc(CNC(=O)C23CC4CC(CC(C4)C2)C3)cc1. The van der Waals surface area contributed by atoms with Crippen LogP contribution < -0.4 is 10.6 Å². The number of carbonyl (C=O) groups excluding carboxylic acids is 2. The van der Waals surface area contributed by atoms with E-state index >= 15 is 0 Å². The second-order valence-electron chi connectivity index (χ2n) is 9.76. The van der Waals surface area contributed by atoms with Gasteiger partial charge in [-0.15, -0.1) is 0 Å². The van der Waals surface area contributed by atoms with Crippen molar-refractivity contribution in [1.82, 2.24) is 10.6 Å². The third kappa shape index (κ3) is 4.88. The summed E-state index contributed by atoms with van der Waals surface area (Å²) in [5.74, 6) is 0.797. The minimum Gasteiger partial charge on any atom is -0.481 e. The van der Waals surface area contributed by atoms with Crippen molar-refractivity contribution in [3.05, 3.63) is 45.8 Å². The molecule has 0 heterocycles. The van der Waals surface area contributed by atoms with Gasteiger partial charge in [0.1, 0.15) is 0 Å². The first kappa shape index (κ1) is 22.1. The number of carboxylic acid groups (broad SMARTS) is 1. The molecule has 0 unspecified atom stereocenters. The monoisotopic (exact) mass is 439 g/mol. The molecule has 4 saturated carbocycles. The molecule has 0 saturated heterocycles. The van der Waals surface area contributed by atoms with Crippen LogP contribution in [0.5, 0.6) is 0 Å². The minimum absolute atomic E-state index is 0.136. The predicted octanol–water partition coefficient (Wildman–Crippen LogP) is 3.40. The summed E-state index contributed by atoms with van der Waals surface area (Å²) in [7, 11) is 0. The highest BCUT2D eigenvalue weighted by molar-refractivity contribution is 5.94. The number of nitrogens with one attached hydrogen (secondary N) is 2. The molecule has 4 fully saturated rings. The standard InChI is InChI=1S/C23H29N5O4/c24-28-26-13-19(8-20(29)30)27-21(31)18-3-1-14(2-4-18)12-25-22(32)23-9-15-5-16(10-23)7-17(6-15)11-23/h1-4,15-17,19H,5-13H2,(H,25,32)(H,27,31)(H,29,30)/t15?,16?,17?,19-,23?/m0/s1. The Morgan fingerprint density at radius 2 is 1.69 bits per heavy atom. The van der Waals surface area contributed by atoms with Crippen LogP contribution in [-0.2, 0) is 16.1 Å². The average Bonchev–Trinajstić information content (AvgIpc) is 2.74. The molecule has 32 heavy (non-hydrogen) atoms. The van der Waals surface area contributed by atoms with E-state index in [1.807, 2.05) is 0 Å². The molecule has 5 rings (SSSR count). The van der Waals surface area contributed by atoms with Crippen LogP contribution in [0.25, 0.3) is 10.4 Å². The number of benzene rings is 1. The van der Waals surface area contributed by atoms with Crippen molar-refractivity contribution in [1.29, 1.82) is 0 Å². The Morgan fingerprint density at radius 1 is 1.09 bits per heavy atom. The lowest BCUT2D eigenvalue weighted by molar-refractivity contribution is -0.146. The van der Waals surface area contributed by atoms with Crippen LogP contribution in [0.2, 0.25) is 0 Å². The summed E-state index contributed by atoms with van der Waals surface area (Å²) in [6.45, 7) is 0.282. The van der Waals surface area contributed by atoms with E-state index in [4.69, 9.17) is 10.6 Å². The Hall–Kier alpha value is -3.06. The van der Waals surface area contributed by atoms with Gasteiger partial charge in [-0.1, -0.05) is 17.2 Å². The molecule has 4 bridgehead atoms. The number of hydrogen-bond donors (Lipinski definition) is 3. The van der Waals surface area contributed by atoms with E-state index in [0.717, 1.165) is 24.8 Å². The number of aliphatic carboxylic acids is 1. The number of carboxylic acids is 1. The molecule has 2 amide bonds. The largest absolute Gasteiger partial charge is 0.481 e. The highest BCUT2D eigenvalue weighted by Crippen LogP contribution is 2.60. The van der Waals surface area contributed by atoms with E-state index in [1.165, 1.54) is 19.3 Å². The van der Waals surface area contributed by atoms with Gasteiger partial charge in [0.05, 0.1) is 6.42 Å². The first-order valence-electron chi connectivity index (χ1n) is 11.3. The van der Waals surface area contributed by atoms with E-state index in [2.05, 4.69) is 20.7 Å². The van der Waals surface area contributed by atoms with Gasteiger partial charge in [-0.3, -0.25) is 14.4 Å². The van der Waals surface area contributed by atoms with E-state index in [9.17, 15) is 14.4 Å². The van der Waals surface area contributed by atoms with Gasteiger partial charge in [0, 0.05) is 35.0 Å². The van der Waals surface area contributed by atoms with E-state index in [1.54, 1.807) is 24.3 Å². The Kier molecular flexibility index (Phi) is 6.37. The van der Waals surface area contributed by atoms with Gasteiger partial charge >= 0.3 is 5.97 Å². The van der Waals surface area contributed by atoms with Gasteiger partial charge in [-0.2, -0.15) is 0 Å². The van der Waals surface area contributed by atoms with E-state index < -0.39 is 17.9 Å². The molecule has 1 atom stereocenters. The molecule has 9 heteroatoms. The fourth-order valence-electron chi connectivity index (χ4n) is 6.31. The highest BCUT2D eigenvalue weighted by Gasteiger charge is 2.54. The zero-order chi connectivity index (χ0) is 22.7. The molecule has 0 aromatic heterocycles. The zero-order valence-corrected chi connectivity index (χ0v) is 18.0. The second-order valence-corrected chi connectivity index (χ2v) is 9.76. The van der Waals surface area contributed by atoms with E-state index in [-0.39, 0.29) is 24.3 Å². The predicted molar refractivity (Wildman–Crippen MR) is 116 cm³/mol. The molecule has 9 nitrogen and oxygen atoms in total. The first-order chi connectivity index (χ1) is 15.4. The van der Waals surface area contributed by atoms with Crippen LogP contribution in [0, 0.1) is 23.2 Å². The normalized spacial score (nSPS) is 28.4. The zero-order valence-electron chi connectivity index (χ0n) is 18.0. The minimum atomic E-state index is -1.09. The maximum atomic E-state index is 13.1. The van der Waals surface area contributed by atoms with Crippen LogP contribution >= 0.6 is 0 Å². The van der Waals surface area contributed by atoms with Crippen molar-refractivity contribution in [2.24, 2.45) is 28.3 Å². The van der Waals surface area contributed by atoms with Crippen LogP contribution in [0.1, 0.15) is 60.9 Å². The first-order valence-corrected chi connectivity index (χ1v) is 11.3. The van der Waals surface area contributed by atoms with Gasteiger partial charge in [-0.05, 0) is 79.5 Å². The molecule has 0 aliphatic heterocycles. The van der Waals surface area contributed by atoms with Crippen LogP contribution in [-0.4, -0.2) is 35.5 Å². The Bertz CT molecular complexity index is 899. The summed E-state index contributed by atoms with van der Waals surface area (Å²) in [5, 5.41) is 18.0. The summed E-state index contributed by atoms with van der Waals surface area (Å²) in [6.07, 6.45) is 6.63. The van der Waals surface area contributed by atoms with E-state index in [0.29, 0.717) is 29.9 Å². The number of rotatable bonds is 9. The van der Waals surface area contributed by atoms with Crippen molar-refractivity contribution in [3.63, 3.8) is 0 Å². The Labute approximate surface area is 186 Å². The van der Waals surface area contributed by atoms with Gasteiger partial charge in [0.25, 0.3) is 5.91 Å². The molecule has 4 aliphatic rings. The molecular formula is C23H29N5O4. The van der Waals surface area contributed by atoms with Crippen molar-refractivity contribution < 1.29 is 19.5 Å². The van der Waals surface area contributed by atoms with Gasteiger partial charge < -0.3 is 15.7 Å². The molecule has 170 valence electrons. The molecule has 1 aromatic rings. The number of nitrogens with zero attached hydrogens (tertiary/aromatic N) is 3. The van der Waals surface area contributed by atoms with Crippen LogP contribution in [0.3, 0.4) is 0 Å². The van der Waals surface area contributed by atoms with Gasteiger partial charge in [0.2, 0.25) is 5.91 Å². The maximum absolute atomic E-state index is 13.1. The van der Waals surface area contributed by atoms with Crippen molar-refractivity contribution in [3.8, 4) is 0 Å². The van der Waals surface area contributed by atoms with Gasteiger partial charge in [0.15, 0.2) is 0 Å². The fraction of sp³-hybridized carbons (Fsp3) is 0.609. The van der Waals surface area contributed by atoms with Gasteiger partial charge in [-0.25, -0.2) is 0 Å². The summed E-state index contributed by atoms with van der Waals surface area (Å²) < 4.78 is 0. The quantitative estimate of drug-likeness (QED) is 0.308. The summed E-state index contributed by atoms with van der Waals surface area (Å²) in [6, 6.07) is 6.08. The summed E-state index contributed by atoms with van der Waals surface area (Å²) in [4.78, 5) is 39.1. The Balaban J connectivity index is 1.31. The number of carbonyl (C=O) groups is 3. The third-order valence-corrected chi connectivity index (χ3v) is 7.31. The Morgan fingerprint density at radius 3 is 2.22 bits per heavy atom. The summed E-state index contributed by atoms with van der Waals surface area (Å²) in [5.41, 5.74) is 9.53. The van der Waals surface area contributed by atoms with Crippen molar-refractivity contribution >= 4 is 17.8 Å². The topological polar surface area (TPSA) is 144 Å². The van der Waals surface area contributed by atoms with Crippen LogP contribution in [0.15, 0.2) is 29.4 Å². The second kappa shape index (κ2) is 9.20. The lowest BCUT2D eigenvalue weighted by Gasteiger charge is -2.55. The lowest BCUT2D eigenvalue weighted by atomic mass is 9.49. The lowest BCUT2D eigenvalue weighted by Crippen LogP contribution is -2.53. The number of hydrogen-bond acceptors (Lipinski definition) is 4. The molecular weight excluding hydrogens is 410 g/mol. The van der Waals surface area contributed by atoms with Crippen molar-refractivity contribution in [2.75, 3.05) is 6.54 Å². The molecule has 4 aliphatic carbocycles. The van der Waals surface area contributed by atoms with Crippen LogP contribution in [0.4, 0.5) is 0 Å². The average molecular weight is 440 g/mol. The molecule has 0 spiro atoms. The smallest absolute Gasteiger partial charge is 0.305 e. The third-order valence-electron chi connectivity index (χ3n) is 7.31.